The van der Waals surface area contributed by atoms with Crippen LogP contribution in [0.4, 0.5) is 26.3 Å². The highest BCUT2D eigenvalue weighted by Gasteiger charge is 2.41. The molecule has 17 heteroatoms. The van der Waals surface area contributed by atoms with Crippen LogP contribution in [-0.2, 0) is 30.9 Å². The molecule has 2 aliphatic rings. The zero-order valence-corrected chi connectivity index (χ0v) is 20.5. The number of likely N-dealkylation sites (tertiary alicyclic amines) is 1. The summed E-state index contributed by atoms with van der Waals surface area (Å²) in [5.41, 5.74) is 2.16. The Labute approximate surface area is 208 Å². The summed E-state index contributed by atoms with van der Waals surface area (Å²) in [6.45, 7) is 6.00. The van der Waals surface area contributed by atoms with E-state index in [0.717, 1.165) is 44.0 Å². The third-order valence-corrected chi connectivity index (χ3v) is 5.93. The fourth-order valence-electron chi connectivity index (χ4n) is 3.67. The van der Waals surface area contributed by atoms with E-state index in [9.17, 15) is 34.8 Å². The highest BCUT2D eigenvalue weighted by Crippen LogP contribution is 2.34. The van der Waals surface area contributed by atoms with Gasteiger partial charge in [-0.2, -0.15) is 26.3 Å². The highest BCUT2D eigenvalue weighted by molar-refractivity contribution is 7.88. The number of nitrogens with one attached hydrogen (secondary N) is 1. The lowest BCUT2D eigenvalue weighted by molar-refractivity contribution is -0.193. The largest absolute Gasteiger partial charge is 0.490 e. The molecule has 212 valence electrons. The average Bonchev–Trinajstić information content (AvgIpc) is 3.13. The first-order chi connectivity index (χ1) is 16.8. The zero-order chi connectivity index (χ0) is 28.6. The van der Waals surface area contributed by atoms with E-state index >= 15 is 0 Å². The lowest BCUT2D eigenvalue weighted by Gasteiger charge is -2.35. The summed E-state index contributed by atoms with van der Waals surface area (Å²) in [4.78, 5) is 24.8. The number of ether oxygens (including phenoxy) is 1. The van der Waals surface area contributed by atoms with Crippen molar-refractivity contribution in [2.75, 3.05) is 32.5 Å². The monoisotopic (exact) mass is 567 g/mol. The van der Waals surface area contributed by atoms with Crippen LogP contribution in [0.15, 0.2) is 18.2 Å². The summed E-state index contributed by atoms with van der Waals surface area (Å²) in [5, 5.41) is 14.2. The number of alkyl halides is 6. The van der Waals surface area contributed by atoms with Crippen molar-refractivity contribution in [2.45, 2.75) is 38.3 Å². The number of aromatic nitrogens is 1. The summed E-state index contributed by atoms with van der Waals surface area (Å²) >= 11 is 0. The van der Waals surface area contributed by atoms with E-state index in [-0.39, 0.29) is 6.10 Å². The molecule has 2 fully saturated rings. The van der Waals surface area contributed by atoms with Gasteiger partial charge in [-0.25, -0.2) is 22.7 Å². The molecule has 0 spiro atoms. The van der Waals surface area contributed by atoms with Gasteiger partial charge in [0.15, 0.2) is 0 Å². The van der Waals surface area contributed by atoms with Crippen molar-refractivity contribution < 1.29 is 59.3 Å². The molecule has 10 nitrogen and oxygen atoms in total. The smallest absolute Gasteiger partial charge is 0.475 e. The number of hydrogen-bond donors (Lipinski definition) is 3. The van der Waals surface area contributed by atoms with E-state index < -0.39 is 34.3 Å². The first kappa shape index (κ1) is 32.5. The lowest BCUT2D eigenvalue weighted by atomic mass is 9.84. The van der Waals surface area contributed by atoms with Gasteiger partial charge in [-0.15, -0.1) is 0 Å². The second-order valence-corrected chi connectivity index (χ2v) is 10.1. The van der Waals surface area contributed by atoms with Crippen LogP contribution in [0, 0.1) is 18.8 Å². The minimum absolute atomic E-state index is 0.00831. The van der Waals surface area contributed by atoms with Gasteiger partial charge in [-0.05, 0) is 37.9 Å². The van der Waals surface area contributed by atoms with Crippen LogP contribution in [0.25, 0.3) is 0 Å². The number of fused-ring (bicyclic) bond motifs is 1. The van der Waals surface area contributed by atoms with Crippen LogP contribution in [0.2, 0.25) is 0 Å². The number of carboxylic acids is 2. The van der Waals surface area contributed by atoms with Gasteiger partial charge in [0.1, 0.15) is 0 Å². The third kappa shape index (κ3) is 12.5. The van der Waals surface area contributed by atoms with Gasteiger partial charge in [0.05, 0.1) is 24.7 Å². The molecule has 0 bridgehead atoms. The van der Waals surface area contributed by atoms with Gasteiger partial charge in [-0.1, -0.05) is 6.07 Å². The summed E-state index contributed by atoms with van der Waals surface area (Å²) in [5.74, 6) is -4.58. The number of sulfonamides is 1. The van der Waals surface area contributed by atoms with Crippen molar-refractivity contribution in [3.63, 3.8) is 0 Å². The van der Waals surface area contributed by atoms with Crippen molar-refractivity contribution in [2.24, 2.45) is 11.8 Å². The fraction of sp³-hybridized carbons (Fsp3) is 0.650. The molecule has 2 saturated heterocycles. The van der Waals surface area contributed by atoms with E-state index in [0.29, 0.717) is 18.4 Å². The molecule has 0 aromatic carbocycles. The molecule has 1 aromatic heterocycles. The molecule has 0 aliphatic carbocycles. The Kier molecular flexibility index (Phi) is 11.7. The molecular formula is C20H27F6N3O7S. The number of carbonyl (C=O) groups is 2. The molecular weight excluding hydrogens is 540 g/mol. The third-order valence-electron chi connectivity index (χ3n) is 5.24. The maximum Gasteiger partial charge on any atom is 0.490 e. The minimum atomic E-state index is -5.08. The van der Waals surface area contributed by atoms with E-state index in [1.807, 2.05) is 13.0 Å². The average molecular weight is 568 g/mol. The molecule has 0 amide bonds. The highest BCUT2D eigenvalue weighted by atomic mass is 32.2. The van der Waals surface area contributed by atoms with E-state index in [4.69, 9.17) is 24.5 Å². The Bertz CT molecular complexity index is 996. The molecule has 3 rings (SSSR count). The summed E-state index contributed by atoms with van der Waals surface area (Å²) in [6, 6.07) is 6.14. The van der Waals surface area contributed by atoms with Gasteiger partial charge >= 0.3 is 24.3 Å². The Morgan fingerprint density at radius 2 is 1.68 bits per heavy atom. The van der Waals surface area contributed by atoms with Crippen molar-refractivity contribution >= 4 is 22.0 Å². The Balaban J connectivity index is 0.000000404. The predicted octanol–water partition coefficient (Wildman–Crippen LogP) is 2.04. The maximum absolute atomic E-state index is 11.2. The van der Waals surface area contributed by atoms with Crippen LogP contribution < -0.4 is 4.72 Å². The van der Waals surface area contributed by atoms with E-state index in [2.05, 4.69) is 26.7 Å². The predicted molar refractivity (Wildman–Crippen MR) is 116 cm³/mol. The number of piperidine rings is 1. The number of pyridine rings is 1. The first-order valence-corrected chi connectivity index (χ1v) is 12.5. The van der Waals surface area contributed by atoms with Crippen LogP contribution in [0.5, 0.6) is 0 Å². The Morgan fingerprint density at radius 3 is 2.14 bits per heavy atom. The SMILES string of the molecule is Cc1cccc(CN2CC[C@@H]3[C@@H](CO[C@@H]3CNS(C)(=O)=O)C2)n1.O=C(O)C(F)(F)F.O=C(O)C(F)(F)F. The van der Waals surface area contributed by atoms with Crippen LogP contribution in [0.1, 0.15) is 17.8 Å². The van der Waals surface area contributed by atoms with Gasteiger partial charge in [0, 0.05) is 31.2 Å². The number of aryl methyl sites for hydroxylation is 1. The van der Waals surface area contributed by atoms with Crippen LogP contribution in [0.3, 0.4) is 0 Å². The standard InChI is InChI=1S/C16H25N3O3S.2C2HF3O2/c1-12-4-3-5-14(18-12)10-19-7-6-15-13(9-19)11-22-16(15)8-17-23(2,20)21;2*3-2(4,5)1(6)7/h3-5,13,15-17H,6-11H2,1-2H3;2*(H,6,7)/t13-,15-,16-;;/m1../s1. The van der Waals surface area contributed by atoms with Gasteiger partial charge in [0.2, 0.25) is 10.0 Å². The molecule has 2 aliphatic heterocycles. The second-order valence-electron chi connectivity index (χ2n) is 8.32. The summed E-state index contributed by atoms with van der Waals surface area (Å²) in [6.07, 6.45) is -7.92. The van der Waals surface area contributed by atoms with Crippen LogP contribution >= 0.6 is 0 Å². The van der Waals surface area contributed by atoms with Gasteiger partial charge < -0.3 is 14.9 Å². The maximum atomic E-state index is 11.2. The van der Waals surface area contributed by atoms with Crippen molar-refractivity contribution in [1.82, 2.24) is 14.6 Å². The number of rotatable bonds is 5. The van der Waals surface area contributed by atoms with E-state index in [1.54, 1.807) is 0 Å². The first-order valence-electron chi connectivity index (χ1n) is 10.6. The summed E-state index contributed by atoms with van der Waals surface area (Å²) < 4.78 is 94.4. The van der Waals surface area contributed by atoms with E-state index in [1.165, 1.54) is 6.26 Å². The normalized spacial score (nSPS) is 22.1. The number of hydrogen-bond acceptors (Lipinski definition) is 7. The molecule has 3 heterocycles. The minimum Gasteiger partial charge on any atom is -0.475 e. The van der Waals surface area contributed by atoms with Crippen molar-refractivity contribution in [3.05, 3.63) is 29.6 Å². The number of halogens is 6. The molecule has 3 N–H and O–H groups in total. The molecule has 0 unspecified atom stereocenters. The number of carboxylic acid groups (broad SMARTS) is 2. The lowest BCUT2D eigenvalue weighted by Crippen LogP contribution is -2.43. The summed E-state index contributed by atoms with van der Waals surface area (Å²) in [7, 11) is -3.15. The number of aliphatic carboxylic acids is 2. The Morgan fingerprint density at radius 1 is 1.14 bits per heavy atom. The molecule has 37 heavy (non-hydrogen) atoms. The van der Waals surface area contributed by atoms with Crippen LogP contribution in [-0.4, -0.2) is 91.4 Å². The van der Waals surface area contributed by atoms with Gasteiger partial charge in [0.25, 0.3) is 0 Å². The fourth-order valence-corrected chi connectivity index (χ4v) is 4.13. The van der Waals surface area contributed by atoms with Crippen molar-refractivity contribution in [1.29, 1.82) is 0 Å². The molecule has 0 radical (unpaired) electrons. The number of nitrogens with zero attached hydrogens (tertiary/aromatic N) is 2. The van der Waals surface area contributed by atoms with Gasteiger partial charge in [-0.3, -0.25) is 9.88 Å². The molecule has 1 aromatic rings. The Hall–Kier alpha value is -2.50. The van der Waals surface area contributed by atoms with Crippen molar-refractivity contribution in [3.8, 4) is 0 Å². The molecule has 0 saturated carbocycles. The molecule has 3 atom stereocenters. The topological polar surface area (TPSA) is 146 Å². The quantitative estimate of drug-likeness (QED) is 0.455. The zero-order valence-electron chi connectivity index (χ0n) is 19.7. The second kappa shape index (κ2) is 13.3.